The van der Waals surface area contributed by atoms with Crippen molar-refractivity contribution in [3.63, 3.8) is 0 Å². The van der Waals surface area contributed by atoms with Crippen molar-refractivity contribution >= 4 is 11.8 Å². The van der Waals surface area contributed by atoms with Crippen molar-refractivity contribution in [3.8, 4) is 0 Å². The number of aliphatic hydroxyl groups is 1. The minimum absolute atomic E-state index is 0.0714. The van der Waals surface area contributed by atoms with Crippen molar-refractivity contribution in [2.75, 3.05) is 18.5 Å². The molecule has 1 aromatic rings. The molecule has 0 aliphatic heterocycles. The number of urea groups is 1. The van der Waals surface area contributed by atoms with Gasteiger partial charge in [0.2, 0.25) is 0 Å². The lowest BCUT2D eigenvalue weighted by atomic mass is 10.3. The van der Waals surface area contributed by atoms with Crippen LogP contribution in [0, 0.1) is 0 Å². The normalized spacial score (nSPS) is 12.2. The number of hydrogen-bond donors (Lipinski definition) is 3. The SMILES string of the molecule is CCC(C)n1nccc1NC(=O)NCCO. The van der Waals surface area contributed by atoms with Gasteiger partial charge in [-0.2, -0.15) is 5.10 Å². The number of amides is 2. The molecule has 1 rings (SSSR count). The Morgan fingerprint density at radius 1 is 1.69 bits per heavy atom. The molecule has 0 fully saturated rings. The molecule has 16 heavy (non-hydrogen) atoms. The molecule has 6 heteroatoms. The molecule has 3 N–H and O–H groups in total. The minimum Gasteiger partial charge on any atom is -0.395 e. The quantitative estimate of drug-likeness (QED) is 0.700. The van der Waals surface area contributed by atoms with Crippen LogP contribution in [0.5, 0.6) is 0 Å². The molecule has 0 aliphatic rings. The number of anilines is 1. The molecule has 1 atom stereocenters. The molecule has 6 nitrogen and oxygen atoms in total. The fourth-order valence-electron chi connectivity index (χ4n) is 1.27. The van der Waals surface area contributed by atoms with E-state index >= 15 is 0 Å². The average Bonchev–Trinajstić information content (AvgIpc) is 2.73. The zero-order chi connectivity index (χ0) is 12.0. The first-order valence-electron chi connectivity index (χ1n) is 5.38. The van der Waals surface area contributed by atoms with Gasteiger partial charge in [-0.1, -0.05) is 6.92 Å². The third kappa shape index (κ3) is 3.23. The topological polar surface area (TPSA) is 79.2 Å². The van der Waals surface area contributed by atoms with Crippen LogP contribution in [0.1, 0.15) is 26.3 Å². The molecule has 0 radical (unpaired) electrons. The van der Waals surface area contributed by atoms with Gasteiger partial charge < -0.3 is 10.4 Å². The van der Waals surface area contributed by atoms with Crippen LogP contribution in [-0.2, 0) is 0 Å². The summed E-state index contributed by atoms with van der Waals surface area (Å²) < 4.78 is 1.76. The summed E-state index contributed by atoms with van der Waals surface area (Å²) in [4.78, 5) is 11.4. The van der Waals surface area contributed by atoms with E-state index in [4.69, 9.17) is 5.11 Å². The summed E-state index contributed by atoms with van der Waals surface area (Å²) >= 11 is 0. The van der Waals surface area contributed by atoms with E-state index in [1.807, 2.05) is 6.92 Å². The first-order valence-corrected chi connectivity index (χ1v) is 5.38. The highest BCUT2D eigenvalue weighted by Gasteiger charge is 2.10. The molecule has 1 aromatic heterocycles. The Morgan fingerprint density at radius 2 is 2.44 bits per heavy atom. The van der Waals surface area contributed by atoms with E-state index in [9.17, 15) is 4.79 Å². The molecule has 0 aliphatic carbocycles. The predicted octanol–water partition coefficient (Wildman–Crippen LogP) is 0.968. The van der Waals surface area contributed by atoms with Crippen molar-refractivity contribution in [1.29, 1.82) is 0 Å². The molecular formula is C10H18N4O2. The van der Waals surface area contributed by atoms with E-state index < -0.39 is 0 Å². The van der Waals surface area contributed by atoms with Gasteiger partial charge in [-0.3, -0.25) is 5.32 Å². The molecule has 1 heterocycles. The second kappa shape index (κ2) is 6.12. The number of nitrogens with one attached hydrogen (secondary N) is 2. The highest BCUT2D eigenvalue weighted by molar-refractivity contribution is 5.88. The summed E-state index contributed by atoms with van der Waals surface area (Å²) in [7, 11) is 0. The summed E-state index contributed by atoms with van der Waals surface area (Å²) in [5.41, 5.74) is 0. The smallest absolute Gasteiger partial charge is 0.320 e. The monoisotopic (exact) mass is 226 g/mol. The Bertz CT molecular complexity index is 337. The maximum absolute atomic E-state index is 11.4. The van der Waals surface area contributed by atoms with Gasteiger partial charge in [0, 0.05) is 12.6 Å². The Hall–Kier alpha value is -1.56. The zero-order valence-electron chi connectivity index (χ0n) is 9.60. The van der Waals surface area contributed by atoms with Gasteiger partial charge >= 0.3 is 6.03 Å². The van der Waals surface area contributed by atoms with Crippen LogP contribution in [0.4, 0.5) is 10.6 Å². The van der Waals surface area contributed by atoms with E-state index in [1.54, 1.807) is 16.9 Å². The van der Waals surface area contributed by atoms with Gasteiger partial charge in [-0.15, -0.1) is 0 Å². The molecule has 0 saturated heterocycles. The summed E-state index contributed by atoms with van der Waals surface area (Å²) in [6.07, 6.45) is 2.59. The Balaban J connectivity index is 2.59. The molecule has 90 valence electrons. The molecule has 0 bridgehead atoms. The van der Waals surface area contributed by atoms with E-state index in [0.29, 0.717) is 5.82 Å². The number of nitrogens with zero attached hydrogens (tertiary/aromatic N) is 2. The van der Waals surface area contributed by atoms with E-state index in [2.05, 4.69) is 22.7 Å². The molecule has 0 spiro atoms. The van der Waals surface area contributed by atoms with Crippen molar-refractivity contribution in [2.45, 2.75) is 26.3 Å². The average molecular weight is 226 g/mol. The van der Waals surface area contributed by atoms with Crippen LogP contribution >= 0.6 is 0 Å². The molecular weight excluding hydrogens is 208 g/mol. The van der Waals surface area contributed by atoms with Crippen LogP contribution < -0.4 is 10.6 Å². The van der Waals surface area contributed by atoms with E-state index in [0.717, 1.165) is 6.42 Å². The lowest BCUT2D eigenvalue weighted by Gasteiger charge is -2.14. The van der Waals surface area contributed by atoms with Crippen LogP contribution in [0.3, 0.4) is 0 Å². The fourth-order valence-corrected chi connectivity index (χ4v) is 1.27. The zero-order valence-corrected chi connectivity index (χ0v) is 9.60. The van der Waals surface area contributed by atoms with Gasteiger partial charge in [0.15, 0.2) is 0 Å². The molecule has 1 unspecified atom stereocenters. The van der Waals surface area contributed by atoms with Gasteiger partial charge in [0.05, 0.1) is 18.8 Å². The maximum Gasteiger partial charge on any atom is 0.320 e. The molecule has 2 amide bonds. The lowest BCUT2D eigenvalue weighted by molar-refractivity contribution is 0.244. The highest BCUT2D eigenvalue weighted by Crippen LogP contribution is 2.15. The van der Waals surface area contributed by atoms with Crippen molar-refractivity contribution in [3.05, 3.63) is 12.3 Å². The second-order valence-electron chi connectivity index (χ2n) is 3.52. The third-order valence-electron chi connectivity index (χ3n) is 2.32. The molecule has 0 saturated carbocycles. The van der Waals surface area contributed by atoms with Crippen molar-refractivity contribution in [2.24, 2.45) is 0 Å². The van der Waals surface area contributed by atoms with Crippen LogP contribution in [0.25, 0.3) is 0 Å². The van der Waals surface area contributed by atoms with Gasteiger partial charge in [-0.25, -0.2) is 9.48 Å². The summed E-state index contributed by atoms with van der Waals surface area (Å²) in [5.74, 6) is 0.657. The third-order valence-corrected chi connectivity index (χ3v) is 2.32. The minimum atomic E-state index is -0.334. The first-order chi connectivity index (χ1) is 7.69. The summed E-state index contributed by atoms with van der Waals surface area (Å²) in [6, 6.07) is 1.65. The highest BCUT2D eigenvalue weighted by atomic mass is 16.3. The van der Waals surface area contributed by atoms with Gasteiger partial charge in [-0.05, 0) is 13.3 Å². The number of carbonyl (C=O) groups excluding carboxylic acids is 1. The van der Waals surface area contributed by atoms with Gasteiger partial charge in [0.25, 0.3) is 0 Å². The fraction of sp³-hybridized carbons (Fsp3) is 0.600. The first kappa shape index (κ1) is 12.5. The van der Waals surface area contributed by atoms with Gasteiger partial charge in [0.1, 0.15) is 5.82 Å². The number of aromatic nitrogens is 2. The standard InChI is InChI=1S/C10H18N4O2/c1-3-8(2)14-9(4-5-12-14)13-10(16)11-6-7-15/h4-5,8,15H,3,6-7H2,1-2H3,(H2,11,13,16). The Kier molecular flexibility index (Phi) is 4.78. The Morgan fingerprint density at radius 3 is 3.06 bits per heavy atom. The van der Waals surface area contributed by atoms with E-state index in [-0.39, 0.29) is 25.2 Å². The maximum atomic E-state index is 11.4. The molecule has 0 aromatic carbocycles. The lowest BCUT2D eigenvalue weighted by Crippen LogP contribution is -2.32. The van der Waals surface area contributed by atoms with Crippen LogP contribution in [0.15, 0.2) is 12.3 Å². The summed E-state index contributed by atoms with van der Waals surface area (Å²) in [6.45, 7) is 4.26. The number of carbonyl (C=O) groups is 1. The largest absolute Gasteiger partial charge is 0.395 e. The van der Waals surface area contributed by atoms with Crippen molar-refractivity contribution < 1.29 is 9.90 Å². The van der Waals surface area contributed by atoms with Crippen LogP contribution in [-0.4, -0.2) is 34.1 Å². The second-order valence-corrected chi connectivity index (χ2v) is 3.52. The number of hydrogen-bond acceptors (Lipinski definition) is 3. The Labute approximate surface area is 94.6 Å². The predicted molar refractivity (Wildman–Crippen MR) is 61.3 cm³/mol. The summed E-state index contributed by atoms with van der Waals surface area (Å²) in [5, 5.41) is 17.9. The number of rotatable bonds is 5. The van der Waals surface area contributed by atoms with Crippen molar-refractivity contribution in [1.82, 2.24) is 15.1 Å². The number of aliphatic hydroxyl groups excluding tert-OH is 1. The van der Waals surface area contributed by atoms with Crippen LogP contribution in [0.2, 0.25) is 0 Å². The van der Waals surface area contributed by atoms with E-state index in [1.165, 1.54) is 0 Å².